The van der Waals surface area contributed by atoms with Gasteiger partial charge in [-0.3, -0.25) is 0 Å². The fourth-order valence-electron chi connectivity index (χ4n) is 2.11. The summed E-state index contributed by atoms with van der Waals surface area (Å²) in [4.78, 5) is 0. The highest BCUT2D eigenvalue weighted by molar-refractivity contribution is 7.99. The van der Waals surface area contributed by atoms with Crippen LogP contribution < -0.4 is 4.72 Å². The molecule has 0 unspecified atom stereocenters. The van der Waals surface area contributed by atoms with Gasteiger partial charge in [0.05, 0.1) is 0 Å². The molecule has 0 radical (unpaired) electrons. The van der Waals surface area contributed by atoms with Crippen LogP contribution in [0.15, 0.2) is 0 Å². The van der Waals surface area contributed by atoms with Crippen molar-refractivity contribution in [2.24, 2.45) is 0 Å². The molecule has 0 bridgehead atoms. The van der Waals surface area contributed by atoms with Crippen LogP contribution in [0.4, 0.5) is 13.2 Å². The molecule has 1 rings (SSSR count). The van der Waals surface area contributed by atoms with Gasteiger partial charge in [-0.05, 0) is 25.0 Å². The normalized spacial score (nSPS) is 25.2. The molecular weight excluding hydrogens is 301 g/mol. The van der Waals surface area contributed by atoms with Crippen molar-refractivity contribution >= 4 is 22.0 Å². The SMILES string of the molecule is CCS[C@@H]1CC[C@@H](N(C)S(=O)(=O)NCC(F)(F)F)C1. The molecule has 1 fully saturated rings. The van der Waals surface area contributed by atoms with Crippen LogP contribution in [0.5, 0.6) is 0 Å². The molecule has 114 valence electrons. The lowest BCUT2D eigenvalue weighted by Gasteiger charge is -2.24. The lowest BCUT2D eigenvalue weighted by molar-refractivity contribution is -0.121. The number of halogens is 3. The van der Waals surface area contributed by atoms with E-state index < -0.39 is 22.9 Å². The minimum atomic E-state index is -4.54. The third kappa shape index (κ3) is 5.49. The van der Waals surface area contributed by atoms with Gasteiger partial charge in [-0.1, -0.05) is 6.92 Å². The Kier molecular flexibility index (Phi) is 5.96. The maximum absolute atomic E-state index is 12.0. The maximum Gasteiger partial charge on any atom is 0.402 e. The van der Waals surface area contributed by atoms with Gasteiger partial charge in [0.15, 0.2) is 0 Å². The molecule has 0 aromatic heterocycles. The molecule has 2 atom stereocenters. The fraction of sp³-hybridized carbons (Fsp3) is 1.00. The number of thioether (sulfide) groups is 1. The van der Waals surface area contributed by atoms with Crippen LogP contribution >= 0.6 is 11.8 Å². The molecule has 0 spiro atoms. The van der Waals surface area contributed by atoms with Crippen molar-refractivity contribution in [3.8, 4) is 0 Å². The minimum Gasteiger partial charge on any atom is -0.195 e. The highest BCUT2D eigenvalue weighted by Crippen LogP contribution is 2.32. The number of nitrogens with zero attached hydrogens (tertiary/aromatic N) is 1. The predicted octanol–water partition coefficient (Wildman–Crippen LogP) is 1.99. The summed E-state index contributed by atoms with van der Waals surface area (Å²) < 4.78 is 62.2. The molecule has 0 amide bonds. The summed E-state index contributed by atoms with van der Waals surface area (Å²) >= 11 is 1.77. The molecule has 0 aromatic carbocycles. The van der Waals surface area contributed by atoms with E-state index in [0.29, 0.717) is 18.1 Å². The Bertz CT molecular complexity index is 387. The van der Waals surface area contributed by atoms with Crippen molar-refractivity contribution in [3.05, 3.63) is 0 Å². The van der Waals surface area contributed by atoms with Crippen molar-refractivity contribution in [2.75, 3.05) is 19.3 Å². The second kappa shape index (κ2) is 6.64. The summed E-state index contributed by atoms with van der Waals surface area (Å²) in [7, 11) is -2.73. The summed E-state index contributed by atoms with van der Waals surface area (Å²) in [6, 6.07) is -0.213. The van der Waals surface area contributed by atoms with Gasteiger partial charge >= 0.3 is 6.18 Å². The second-order valence-electron chi connectivity index (χ2n) is 4.50. The molecule has 0 saturated heterocycles. The summed E-state index contributed by atoms with van der Waals surface area (Å²) in [5.41, 5.74) is 0. The summed E-state index contributed by atoms with van der Waals surface area (Å²) in [6.45, 7) is 0.503. The zero-order valence-corrected chi connectivity index (χ0v) is 12.5. The van der Waals surface area contributed by atoms with Crippen LogP contribution in [0.25, 0.3) is 0 Å². The number of hydrogen-bond acceptors (Lipinski definition) is 3. The molecule has 1 saturated carbocycles. The van der Waals surface area contributed by atoms with E-state index in [1.54, 1.807) is 16.5 Å². The first kappa shape index (κ1) is 17.1. The van der Waals surface area contributed by atoms with Crippen molar-refractivity contribution < 1.29 is 21.6 Å². The first-order valence-corrected chi connectivity index (χ1v) is 8.55. The van der Waals surface area contributed by atoms with E-state index >= 15 is 0 Å². The van der Waals surface area contributed by atoms with Crippen molar-refractivity contribution in [3.63, 3.8) is 0 Å². The molecule has 1 aliphatic rings. The summed E-state index contributed by atoms with van der Waals surface area (Å²) in [5, 5.41) is 0.398. The van der Waals surface area contributed by atoms with E-state index in [-0.39, 0.29) is 6.04 Å². The first-order valence-electron chi connectivity index (χ1n) is 6.06. The van der Waals surface area contributed by atoms with Gasteiger partial charge in [0, 0.05) is 18.3 Å². The first-order chi connectivity index (χ1) is 8.65. The number of nitrogens with one attached hydrogen (secondary N) is 1. The number of alkyl halides is 3. The monoisotopic (exact) mass is 320 g/mol. The molecule has 1 N–H and O–H groups in total. The highest BCUT2D eigenvalue weighted by atomic mass is 32.2. The van der Waals surface area contributed by atoms with E-state index in [1.165, 1.54) is 7.05 Å². The van der Waals surface area contributed by atoms with Gasteiger partial charge in [0.1, 0.15) is 6.54 Å². The molecule has 19 heavy (non-hydrogen) atoms. The molecule has 1 aliphatic carbocycles. The molecule has 0 heterocycles. The molecule has 0 aromatic rings. The quantitative estimate of drug-likeness (QED) is 0.814. The van der Waals surface area contributed by atoms with E-state index in [1.807, 2.05) is 6.92 Å². The van der Waals surface area contributed by atoms with E-state index in [0.717, 1.165) is 16.5 Å². The van der Waals surface area contributed by atoms with Crippen LogP contribution in [-0.4, -0.2) is 49.5 Å². The standard InChI is InChI=1S/C10H19F3N2O2S2/c1-3-18-9-5-4-8(6-9)15(2)19(16,17)14-7-10(11,12)13/h8-9,14H,3-7H2,1-2H3/t8-,9-/m1/s1. The van der Waals surface area contributed by atoms with E-state index in [9.17, 15) is 21.6 Å². The van der Waals surface area contributed by atoms with Gasteiger partial charge in [-0.15, -0.1) is 0 Å². The highest BCUT2D eigenvalue weighted by Gasteiger charge is 2.36. The average molecular weight is 320 g/mol. The van der Waals surface area contributed by atoms with Crippen molar-refractivity contribution in [2.45, 2.75) is 43.7 Å². The zero-order valence-electron chi connectivity index (χ0n) is 10.9. The molecule has 4 nitrogen and oxygen atoms in total. The van der Waals surface area contributed by atoms with Crippen LogP contribution in [0, 0.1) is 0 Å². The second-order valence-corrected chi connectivity index (χ2v) is 7.89. The Balaban J connectivity index is 2.54. The van der Waals surface area contributed by atoms with Crippen molar-refractivity contribution in [1.82, 2.24) is 9.03 Å². The average Bonchev–Trinajstić information content (AvgIpc) is 2.74. The lowest BCUT2D eigenvalue weighted by atomic mass is 10.3. The Morgan fingerprint density at radius 1 is 1.37 bits per heavy atom. The van der Waals surface area contributed by atoms with Gasteiger partial charge < -0.3 is 0 Å². The fourth-order valence-corrected chi connectivity index (χ4v) is 4.37. The third-order valence-corrected chi connectivity index (χ3v) is 5.91. The Morgan fingerprint density at radius 3 is 2.53 bits per heavy atom. The van der Waals surface area contributed by atoms with Gasteiger partial charge in [0.25, 0.3) is 10.2 Å². The Morgan fingerprint density at radius 2 is 2.00 bits per heavy atom. The van der Waals surface area contributed by atoms with Gasteiger partial charge in [0.2, 0.25) is 0 Å². The van der Waals surface area contributed by atoms with Crippen LogP contribution in [0.3, 0.4) is 0 Å². The Labute approximate surface area is 116 Å². The smallest absolute Gasteiger partial charge is 0.195 e. The zero-order chi connectivity index (χ0) is 14.7. The maximum atomic E-state index is 12.0. The van der Waals surface area contributed by atoms with Crippen LogP contribution in [0.2, 0.25) is 0 Å². The lowest BCUT2D eigenvalue weighted by Crippen LogP contribution is -2.46. The van der Waals surface area contributed by atoms with Gasteiger partial charge in [-0.2, -0.15) is 42.4 Å². The van der Waals surface area contributed by atoms with Crippen molar-refractivity contribution in [1.29, 1.82) is 0 Å². The van der Waals surface area contributed by atoms with Crippen LogP contribution in [-0.2, 0) is 10.2 Å². The largest absolute Gasteiger partial charge is 0.402 e. The molecule has 0 aliphatic heterocycles. The predicted molar refractivity (Wildman–Crippen MR) is 70.3 cm³/mol. The minimum absolute atomic E-state index is 0.213. The van der Waals surface area contributed by atoms with Crippen LogP contribution in [0.1, 0.15) is 26.2 Å². The summed E-state index contributed by atoms with van der Waals surface area (Å²) in [5.74, 6) is 0.959. The third-order valence-electron chi connectivity index (χ3n) is 3.11. The van der Waals surface area contributed by atoms with E-state index in [2.05, 4.69) is 0 Å². The number of hydrogen-bond donors (Lipinski definition) is 1. The van der Waals surface area contributed by atoms with Gasteiger partial charge in [-0.25, -0.2) is 0 Å². The topological polar surface area (TPSA) is 49.4 Å². The number of rotatable bonds is 6. The summed E-state index contributed by atoms with van der Waals surface area (Å²) in [6.07, 6.45) is -2.24. The Hall–Kier alpha value is 0.01000. The molecule has 9 heteroatoms. The van der Waals surface area contributed by atoms with E-state index in [4.69, 9.17) is 0 Å². The molecular formula is C10H19F3N2O2S2.